The average molecular weight is 457 g/mol. The number of likely N-dealkylation sites (N-methyl/N-ethyl adjacent to an activating group) is 1. The van der Waals surface area contributed by atoms with Gasteiger partial charge in [-0.15, -0.1) is 0 Å². The van der Waals surface area contributed by atoms with Crippen LogP contribution < -0.4 is 10.1 Å². The molecular weight excluding hydrogens is 428 g/mol. The van der Waals surface area contributed by atoms with Crippen molar-refractivity contribution in [2.75, 3.05) is 39.6 Å². The third-order valence-corrected chi connectivity index (χ3v) is 6.36. The van der Waals surface area contributed by atoms with Gasteiger partial charge in [-0.2, -0.15) is 5.10 Å². The second-order valence-electron chi connectivity index (χ2n) is 8.22. The van der Waals surface area contributed by atoms with E-state index in [1.54, 1.807) is 19.5 Å². The molecule has 1 amide bonds. The maximum Gasteiger partial charge on any atom is 0.257 e. The number of fused-ring (bicyclic) bond motifs is 1. The van der Waals surface area contributed by atoms with E-state index in [2.05, 4.69) is 34.4 Å². The van der Waals surface area contributed by atoms with Crippen molar-refractivity contribution in [1.29, 1.82) is 0 Å². The number of nitrogens with zero attached hydrogens (tertiary/aromatic N) is 5. The van der Waals surface area contributed by atoms with Crippen molar-refractivity contribution in [2.24, 2.45) is 0 Å². The maximum absolute atomic E-state index is 13.5. The number of hydrogen-bond donors (Lipinski definition) is 1. The number of carbonyl (C=O) groups excluding carboxylic acids is 1. The van der Waals surface area contributed by atoms with Crippen LogP contribution in [-0.2, 0) is 13.1 Å². The first-order chi connectivity index (χ1) is 15.4. The molecule has 1 atom stereocenters. The Balaban J connectivity index is 1.66. The minimum Gasteiger partial charge on any atom is -0.495 e. The van der Waals surface area contributed by atoms with Crippen LogP contribution in [-0.4, -0.2) is 70.8 Å². The van der Waals surface area contributed by atoms with Gasteiger partial charge in [-0.3, -0.25) is 4.79 Å². The van der Waals surface area contributed by atoms with Gasteiger partial charge < -0.3 is 19.9 Å². The standard InChI is InChI=1S/C23H29ClN6O2/c1-5-30-22-17(13-27-30)21(25-11-15-6-7-20(32-4)19(24)10-15)18(12-26-22)23(31)29-9-8-16(14-29)28(2)3/h6-7,10,12-13,16H,5,8-9,11,14H2,1-4H3,(H,25,26)/t16-/m1/s1. The molecule has 170 valence electrons. The third-order valence-electron chi connectivity index (χ3n) is 6.06. The largest absolute Gasteiger partial charge is 0.495 e. The second kappa shape index (κ2) is 9.34. The van der Waals surface area contributed by atoms with Crippen molar-refractivity contribution >= 4 is 34.2 Å². The lowest BCUT2D eigenvalue weighted by Gasteiger charge is -2.22. The molecule has 32 heavy (non-hydrogen) atoms. The number of rotatable bonds is 7. The summed E-state index contributed by atoms with van der Waals surface area (Å²) in [7, 11) is 5.70. The predicted octanol–water partition coefficient (Wildman–Crippen LogP) is 3.50. The van der Waals surface area contributed by atoms with Gasteiger partial charge in [0.05, 0.1) is 35.0 Å². The lowest BCUT2D eigenvalue weighted by atomic mass is 10.1. The van der Waals surface area contributed by atoms with Crippen molar-refractivity contribution in [3.8, 4) is 5.75 Å². The van der Waals surface area contributed by atoms with Crippen LogP contribution in [0.2, 0.25) is 5.02 Å². The molecule has 1 saturated heterocycles. The smallest absolute Gasteiger partial charge is 0.257 e. The predicted molar refractivity (Wildman–Crippen MR) is 127 cm³/mol. The van der Waals surface area contributed by atoms with Gasteiger partial charge in [0.25, 0.3) is 5.91 Å². The Hall–Kier alpha value is -2.84. The summed E-state index contributed by atoms with van der Waals surface area (Å²) in [5.41, 5.74) is 3.05. The van der Waals surface area contributed by atoms with E-state index < -0.39 is 0 Å². The van der Waals surface area contributed by atoms with E-state index in [1.807, 2.05) is 34.7 Å². The highest BCUT2D eigenvalue weighted by Gasteiger charge is 2.30. The Morgan fingerprint density at radius 1 is 1.34 bits per heavy atom. The number of aryl methyl sites for hydroxylation is 1. The van der Waals surface area contributed by atoms with E-state index >= 15 is 0 Å². The summed E-state index contributed by atoms with van der Waals surface area (Å²) in [5.74, 6) is 0.620. The first kappa shape index (κ1) is 22.4. The molecule has 0 saturated carbocycles. The van der Waals surface area contributed by atoms with Gasteiger partial charge in [0.15, 0.2) is 5.65 Å². The molecule has 0 radical (unpaired) electrons. The van der Waals surface area contributed by atoms with E-state index in [0.29, 0.717) is 42.0 Å². The fraction of sp³-hybridized carbons (Fsp3) is 0.435. The van der Waals surface area contributed by atoms with E-state index in [0.717, 1.165) is 35.2 Å². The van der Waals surface area contributed by atoms with Crippen LogP contribution in [0, 0.1) is 0 Å². The fourth-order valence-corrected chi connectivity index (χ4v) is 4.42. The Kier molecular flexibility index (Phi) is 6.53. The summed E-state index contributed by atoms with van der Waals surface area (Å²) in [6.45, 7) is 4.67. The Bertz CT molecular complexity index is 1130. The number of nitrogens with one attached hydrogen (secondary N) is 1. The number of benzene rings is 1. The van der Waals surface area contributed by atoms with Crippen molar-refractivity contribution in [1.82, 2.24) is 24.6 Å². The molecule has 1 aliphatic rings. The summed E-state index contributed by atoms with van der Waals surface area (Å²) < 4.78 is 7.07. The molecule has 1 N–H and O–H groups in total. The fourth-order valence-electron chi connectivity index (χ4n) is 4.14. The SMILES string of the molecule is CCn1ncc2c(NCc3ccc(OC)c(Cl)c3)c(C(=O)N3CC[C@@H](N(C)C)C3)cnc21. The van der Waals surface area contributed by atoms with Gasteiger partial charge in [-0.05, 0) is 45.1 Å². The maximum atomic E-state index is 13.5. The molecule has 0 unspecified atom stereocenters. The zero-order valence-electron chi connectivity index (χ0n) is 18.9. The van der Waals surface area contributed by atoms with Crippen LogP contribution >= 0.6 is 11.6 Å². The molecule has 3 heterocycles. The first-order valence-electron chi connectivity index (χ1n) is 10.8. The normalized spacial score (nSPS) is 16.2. The van der Waals surface area contributed by atoms with E-state index in [9.17, 15) is 4.79 Å². The highest BCUT2D eigenvalue weighted by molar-refractivity contribution is 6.32. The Morgan fingerprint density at radius 3 is 2.81 bits per heavy atom. The van der Waals surface area contributed by atoms with Crippen LogP contribution in [0.15, 0.2) is 30.6 Å². The third kappa shape index (κ3) is 4.25. The van der Waals surface area contributed by atoms with Gasteiger partial charge in [0.1, 0.15) is 5.75 Å². The highest BCUT2D eigenvalue weighted by atomic mass is 35.5. The van der Waals surface area contributed by atoms with E-state index in [4.69, 9.17) is 16.3 Å². The molecular formula is C23H29ClN6O2. The van der Waals surface area contributed by atoms with Crippen LogP contribution in [0.3, 0.4) is 0 Å². The molecule has 2 aromatic heterocycles. The number of carbonyl (C=O) groups is 1. The summed E-state index contributed by atoms with van der Waals surface area (Å²) in [4.78, 5) is 22.1. The first-order valence-corrected chi connectivity index (χ1v) is 11.2. The second-order valence-corrected chi connectivity index (χ2v) is 8.63. The zero-order chi connectivity index (χ0) is 22.8. The zero-order valence-corrected chi connectivity index (χ0v) is 19.7. The van der Waals surface area contributed by atoms with Crippen LogP contribution in [0.5, 0.6) is 5.75 Å². The topological polar surface area (TPSA) is 75.5 Å². The number of pyridine rings is 1. The molecule has 1 aromatic carbocycles. The lowest BCUT2D eigenvalue weighted by Crippen LogP contribution is -2.34. The van der Waals surface area contributed by atoms with Gasteiger partial charge in [-0.25, -0.2) is 9.67 Å². The Morgan fingerprint density at radius 2 is 2.16 bits per heavy atom. The summed E-state index contributed by atoms with van der Waals surface area (Å²) >= 11 is 6.29. The number of ether oxygens (including phenoxy) is 1. The van der Waals surface area contributed by atoms with Crippen LogP contribution in [0.25, 0.3) is 11.0 Å². The van der Waals surface area contributed by atoms with E-state index in [1.165, 1.54) is 0 Å². The van der Waals surface area contributed by atoms with Gasteiger partial charge in [-0.1, -0.05) is 17.7 Å². The van der Waals surface area contributed by atoms with Gasteiger partial charge >= 0.3 is 0 Å². The molecule has 0 spiro atoms. The van der Waals surface area contributed by atoms with Crippen LogP contribution in [0.1, 0.15) is 29.3 Å². The summed E-state index contributed by atoms with van der Waals surface area (Å²) in [5, 5.41) is 9.29. The molecule has 3 aromatic rings. The Labute approximate surface area is 193 Å². The molecule has 0 aliphatic carbocycles. The van der Waals surface area contributed by atoms with E-state index in [-0.39, 0.29) is 5.91 Å². The summed E-state index contributed by atoms with van der Waals surface area (Å²) in [6.07, 6.45) is 4.42. The van der Waals surface area contributed by atoms with Gasteiger partial charge in [0.2, 0.25) is 0 Å². The lowest BCUT2D eigenvalue weighted by molar-refractivity contribution is 0.0783. The quantitative estimate of drug-likeness (QED) is 0.586. The van der Waals surface area contributed by atoms with Crippen molar-refractivity contribution in [3.05, 3.63) is 46.7 Å². The molecule has 0 bridgehead atoms. The number of amides is 1. The molecule has 4 rings (SSSR count). The number of hydrogen-bond acceptors (Lipinski definition) is 6. The van der Waals surface area contributed by atoms with Crippen molar-refractivity contribution < 1.29 is 9.53 Å². The van der Waals surface area contributed by atoms with Crippen molar-refractivity contribution in [3.63, 3.8) is 0 Å². The number of anilines is 1. The molecule has 1 aliphatic heterocycles. The number of aromatic nitrogens is 3. The van der Waals surface area contributed by atoms with Crippen LogP contribution in [0.4, 0.5) is 5.69 Å². The molecule has 9 heteroatoms. The molecule has 8 nitrogen and oxygen atoms in total. The van der Waals surface area contributed by atoms with Gasteiger partial charge in [0, 0.05) is 38.4 Å². The monoisotopic (exact) mass is 456 g/mol. The summed E-state index contributed by atoms with van der Waals surface area (Å²) in [6, 6.07) is 6.03. The minimum atomic E-state index is -0.0109. The number of likely N-dealkylation sites (tertiary alicyclic amines) is 1. The van der Waals surface area contributed by atoms with Crippen molar-refractivity contribution in [2.45, 2.75) is 32.5 Å². The number of halogens is 1. The highest BCUT2D eigenvalue weighted by Crippen LogP contribution is 2.30. The molecule has 1 fully saturated rings. The minimum absolute atomic E-state index is 0.0109. The average Bonchev–Trinajstić information content (AvgIpc) is 3.44. The number of methoxy groups -OCH3 is 1.